The predicted molar refractivity (Wildman–Crippen MR) is 109 cm³/mol. The van der Waals surface area contributed by atoms with Gasteiger partial charge >= 0.3 is 0 Å². The van der Waals surface area contributed by atoms with Gasteiger partial charge in [-0.1, -0.05) is 30.3 Å². The second-order valence-corrected chi connectivity index (χ2v) is 6.23. The summed E-state index contributed by atoms with van der Waals surface area (Å²) in [4.78, 5) is 16.7. The lowest BCUT2D eigenvalue weighted by Crippen LogP contribution is -2.27. The molecule has 28 heavy (non-hydrogen) atoms. The molecule has 1 heterocycles. The molecular formula is C22H23N3O3. The van der Waals surface area contributed by atoms with Gasteiger partial charge in [0.15, 0.2) is 0 Å². The minimum Gasteiger partial charge on any atom is -0.497 e. The number of anilines is 2. The molecule has 6 nitrogen and oxygen atoms in total. The van der Waals surface area contributed by atoms with Crippen LogP contribution in [0.25, 0.3) is 0 Å². The van der Waals surface area contributed by atoms with Gasteiger partial charge in [0.1, 0.15) is 17.2 Å². The van der Waals surface area contributed by atoms with Gasteiger partial charge in [-0.3, -0.25) is 4.79 Å². The van der Waals surface area contributed by atoms with E-state index in [0.717, 1.165) is 16.9 Å². The highest BCUT2D eigenvalue weighted by molar-refractivity contribution is 5.92. The first-order chi connectivity index (χ1) is 13.6. The van der Waals surface area contributed by atoms with Crippen LogP contribution in [0, 0.1) is 0 Å². The van der Waals surface area contributed by atoms with Gasteiger partial charge in [-0.2, -0.15) is 0 Å². The van der Waals surface area contributed by atoms with E-state index in [1.807, 2.05) is 49.4 Å². The van der Waals surface area contributed by atoms with Crippen molar-refractivity contribution >= 4 is 17.3 Å². The molecular weight excluding hydrogens is 354 g/mol. The Balaban J connectivity index is 1.67. The molecule has 0 fully saturated rings. The molecule has 144 valence electrons. The number of aromatic nitrogens is 1. The highest BCUT2D eigenvalue weighted by Crippen LogP contribution is 2.31. The maximum absolute atomic E-state index is 12.4. The van der Waals surface area contributed by atoms with E-state index in [-0.39, 0.29) is 11.9 Å². The summed E-state index contributed by atoms with van der Waals surface area (Å²) in [6, 6.07) is 18.7. The first-order valence-corrected chi connectivity index (χ1v) is 8.91. The number of amides is 1. The van der Waals surface area contributed by atoms with Crippen LogP contribution < -0.4 is 20.1 Å². The van der Waals surface area contributed by atoms with Crippen LogP contribution in [0.3, 0.4) is 0 Å². The maximum atomic E-state index is 12.4. The molecule has 6 heteroatoms. The van der Waals surface area contributed by atoms with Crippen molar-refractivity contribution in [2.45, 2.75) is 13.0 Å². The molecule has 0 saturated carbocycles. The SMILES string of the molecule is COc1ccc(Nc2ccc(C(=O)NC(C)c3ccccc3)nc2)c(OC)c1. The van der Waals surface area contributed by atoms with E-state index in [1.54, 1.807) is 38.6 Å². The minimum atomic E-state index is -0.218. The number of hydrogen-bond acceptors (Lipinski definition) is 5. The Morgan fingerprint density at radius 3 is 2.43 bits per heavy atom. The molecule has 0 bridgehead atoms. The van der Waals surface area contributed by atoms with Gasteiger partial charge in [-0.25, -0.2) is 4.98 Å². The molecule has 1 unspecified atom stereocenters. The number of ether oxygens (including phenoxy) is 2. The molecule has 2 aromatic carbocycles. The minimum absolute atomic E-state index is 0.100. The van der Waals surface area contributed by atoms with Crippen molar-refractivity contribution in [1.29, 1.82) is 0 Å². The standard InChI is InChI=1S/C22H23N3O3/c1-15(16-7-5-4-6-8-16)24-22(26)20-11-9-17(14-23-20)25-19-12-10-18(27-2)13-21(19)28-3/h4-15,25H,1-3H3,(H,24,26). The number of pyridine rings is 1. The summed E-state index contributed by atoms with van der Waals surface area (Å²) < 4.78 is 10.6. The van der Waals surface area contributed by atoms with Crippen LogP contribution in [0.15, 0.2) is 66.9 Å². The van der Waals surface area contributed by atoms with Crippen LogP contribution in [0.5, 0.6) is 11.5 Å². The summed E-state index contributed by atoms with van der Waals surface area (Å²) in [5.74, 6) is 1.14. The topological polar surface area (TPSA) is 72.5 Å². The van der Waals surface area contributed by atoms with Gasteiger partial charge in [0.05, 0.1) is 37.8 Å². The Hall–Kier alpha value is -3.54. The summed E-state index contributed by atoms with van der Waals surface area (Å²) in [6.45, 7) is 1.94. The van der Waals surface area contributed by atoms with Crippen LogP contribution in [-0.2, 0) is 0 Å². The number of benzene rings is 2. The van der Waals surface area contributed by atoms with Gasteiger partial charge in [0.2, 0.25) is 0 Å². The Morgan fingerprint density at radius 2 is 1.79 bits per heavy atom. The molecule has 1 amide bonds. The predicted octanol–water partition coefficient (Wildman–Crippen LogP) is 4.33. The molecule has 0 aliphatic carbocycles. The number of hydrogen-bond donors (Lipinski definition) is 2. The van der Waals surface area contributed by atoms with Gasteiger partial charge in [-0.05, 0) is 36.8 Å². The molecule has 1 aromatic heterocycles. The number of rotatable bonds is 7. The Labute approximate surface area is 164 Å². The fourth-order valence-electron chi connectivity index (χ4n) is 2.76. The second-order valence-electron chi connectivity index (χ2n) is 6.23. The van der Waals surface area contributed by atoms with Gasteiger partial charge in [-0.15, -0.1) is 0 Å². The van der Waals surface area contributed by atoms with E-state index in [1.165, 1.54) is 0 Å². The molecule has 0 saturated heterocycles. The molecule has 0 aliphatic heterocycles. The Bertz CT molecular complexity index is 928. The van der Waals surface area contributed by atoms with E-state index >= 15 is 0 Å². The summed E-state index contributed by atoms with van der Waals surface area (Å²) >= 11 is 0. The van der Waals surface area contributed by atoms with E-state index in [9.17, 15) is 4.79 Å². The van der Waals surface area contributed by atoms with Crippen LogP contribution in [-0.4, -0.2) is 25.1 Å². The number of nitrogens with zero attached hydrogens (tertiary/aromatic N) is 1. The molecule has 0 aliphatic rings. The monoisotopic (exact) mass is 377 g/mol. The van der Waals surface area contributed by atoms with Crippen molar-refractivity contribution < 1.29 is 14.3 Å². The van der Waals surface area contributed by atoms with E-state index in [2.05, 4.69) is 15.6 Å². The molecule has 3 aromatic rings. The Morgan fingerprint density at radius 1 is 1.00 bits per heavy atom. The molecule has 3 rings (SSSR count). The third-order valence-corrected chi connectivity index (χ3v) is 4.33. The van der Waals surface area contributed by atoms with Crippen LogP contribution in [0.2, 0.25) is 0 Å². The third kappa shape index (κ3) is 4.59. The van der Waals surface area contributed by atoms with Crippen molar-refractivity contribution in [2.75, 3.05) is 19.5 Å². The average molecular weight is 377 g/mol. The lowest BCUT2D eigenvalue weighted by atomic mass is 10.1. The normalized spacial score (nSPS) is 11.4. The fraction of sp³-hybridized carbons (Fsp3) is 0.182. The Kier molecular flexibility index (Phi) is 6.11. The number of nitrogens with one attached hydrogen (secondary N) is 2. The zero-order valence-corrected chi connectivity index (χ0v) is 16.1. The van der Waals surface area contributed by atoms with Crippen molar-refractivity contribution in [1.82, 2.24) is 10.3 Å². The van der Waals surface area contributed by atoms with Crippen LogP contribution in [0.4, 0.5) is 11.4 Å². The van der Waals surface area contributed by atoms with E-state index < -0.39 is 0 Å². The van der Waals surface area contributed by atoms with Gasteiger partial charge in [0, 0.05) is 6.07 Å². The van der Waals surface area contributed by atoms with E-state index in [4.69, 9.17) is 9.47 Å². The number of methoxy groups -OCH3 is 2. The first kappa shape index (κ1) is 19.2. The highest BCUT2D eigenvalue weighted by atomic mass is 16.5. The summed E-state index contributed by atoms with van der Waals surface area (Å²) in [5, 5.41) is 6.19. The number of carbonyl (C=O) groups excluding carboxylic acids is 1. The van der Waals surface area contributed by atoms with Gasteiger partial charge in [0.25, 0.3) is 5.91 Å². The molecule has 0 radical (unpaired) electrons. The lowest BCUT2D eigenvalue weighted by Gasteiger charge is -2.14. The highest BCUT2D eigenvalue weighted by Gasteiger charge is 2.13. The smallest absolute Gasteiger partial charge is 0.270 e. The summed E-state index contributed by atoms with van der Waals surface area (Å²) in [7, 11) is 3.20. The fourth-order valence-corrected chi connectivity index (χ4v) is 2.76. The van der Waals surface area contributed by atoms with Crippen molar-refractivity contribution in [2.24, 2.45) is 0 Å². The van der Waals surface area contributed by atoms with Crippen molar-refractivity contribution in [3.8, 4) is 11.5 Å². The van der Waals surface area contributed by atoms with Crippen molar-refractivity contribution in [3.05, 3.63) is 78.1 Å². The molecule has 2 N–H and O–H groups in total. The second kappa shape index (κ2) is 8.90. The third-order valence-electron chi connectivity index (χ3n) is 4.33. The van der Waals surface area contributed by atoms with Crippen LogP contribution >= 0.6 is 0 Å². The maximum Gasteiger partial charge on any atom is 0.270 e. The largest absolute Gasteiger partial charge is 0.497 e. The average Bonchev–Trinajstić information content (AvgIpc) is 2.75. The van der Waals surface area contributed by atoms with Crippen LogP contribution in [0.1, 0.15) is 29.0 Å². The lowest BCUT2D eigenvalue weighted by molar-refractivity contribution is 0.0935. The van der Waals surface area contributed by atoms with E-state index in [0.29, 0.717) is 17.2 Å². The van der Waals surface area contributed by atoms with Crippen molar-refractivity contribution in [3.63, 3.8) is 0 Å². The molecule has 0 spiro atoms. The summed E-state index contributed by atoms with van der Waals surface area (Å²) in [5.41, 5.74) is 2.92. The molecule has 1 atom stereocenters. The quantitative estimate of drug-likeness (QED) is 0.641. The van der Waals surface area contributed by atoms with Gasteiger partial charge < -0.3 is 20.1 Å². The first-order valence-electron chi connectivity index (χ1n) is 8.91. The summed E-state index contributed by atoms with van der Waals surface area (Å²) in [6.07, 6.45) is 1.62. The number of carbonyl (C=O) groups is 1. The zero-order chi connectivity index (χ0) is 19.9. The zero-order valence-electron chi connectivity index (χ0n) is 16.1.